The highest BCUT2D eigenvalue weighted by Crippen LogP contribution is 2.34. The number of nitrogens with zero attached hydrogens (tertiary/aromatic N) is 1. The Kier molecular flexibility index (Phi) is 2.94. The molecular weight excluding hydrogens is 289 g/mol. The van der Waals surface area contributed by atoms with Crippen LogP contribution in [0.25, 0.3) is 0 Å². The van der Waals surface area contributed by atoms with Gasteiger partial charge in [0.1, 0.15) is 5.54 Å². The van der Waals surface area contributed by atoms with Crippen LogP contribution in [0.3, 0.4) is 0 Å². The first-order chi connectivity index (χ1) is 9.83. The van der Waals surface area contributed by atoms with Gasteiger partial charge in [0.25, 0.3) is 5.91 Å². The van der Waals surface area contributed by atoms with E-state index in [2.05, 4.69) is 5.32 Å². The molecule has 112 valence electrons. The number of ether oxygens (including phenoxy) is 1. The third-order valence-electron chi connectivity index (χ3n) is 3.62. The van der Waals surface area contributed by atoms with Crippen LogP contribution in [0.1, 0.15) is 12.0 Å². The molecule has 1 atom stereocenters. The monoisotopic (exact) mass is 300 g/mol. The van der Waals surface area contributed by atoms with Crippen LogP contribution in [0.5, 0.6) is 0 Å². The predicted molar refractivity (Wildman–Crippen MR) is 65.6 cm³/mol. The van der Waals surface area contributed by atoms with Crippen LogP contribution in [0.15, 0.2) is 24.3 Å². The van der Waals surface area contributed by atoms with Gasteiger partial charge in [-0.05, 0) is 18.2 Å². The number of halogens is 3. The van der Waals surface area contributed by atoms with E-state index in [1.165, 1.54) is 6.07 Å². The number of carbonyl (C=O) groups is 2. The summed E-state index contributed by atoms with van der Waals surface area (Å²) in [5, 5.41) is 2.52. The summed E-state index contributed by atoms with van der Waals surface area (Å²) in [5.74, 6) is -0.579. The van der Waals surface area contributed by atoms with Gasteiger partial charge in [0.05, 0.1) is 17.9 Å². The third-order valence-corrected chi connectivity index (χ3v) is 3.62. The summed E-state index contributed by atoms with van der Waals surface area (Å²) >= 11 is 0. The first-order valence-corrected chi connectivity index (χ1v) is 6.25. The van der Waals surface area contributed by atoms with Gasteiger partial charge >= 0.3 is 12.2 Å². The number of hydrogen-bond acceptors (Lipinski definition) is 3. The lowest BCUT2D eigenvalue weighted by Gasteiger charge is -2.19. The fraction of sp³-hybridized carbons (Fsp3) is 0.385. The van der Waals surface area contributed by atoms with Crippen LogP contribution in [0, 0.1) is 0 Å². The molecule has 0 aliphatic carbocycles. The van der Waals surface area contributed by atoms with Gasteiger partial charge in [-0.3, -0.25) is 4.79 Å². The minimum atomic E-state index is -4.54. The first kappa shape index (κ1) is 13.9. The molecule has 3 rings (SSSR count). The SMILES string of the molecule is O=C1NC2(CCOC2)C(=O)N1c1cccc(C(F)(F)F)c1. The zero-order chi connectivity index (χ0) is 15.3. The predicted octanol–water partition coefficient (Wildman–Crippen LogP) is 1.92. The average molecular weight is 300 g/mol. The largest absolute Gasteiger partial charge is 0.416 e. The molecule has 0 saturated carbocycles. The van der Waals surface area contributed by atoms with Gasteiger partial charge in [-0.15, -0.1) is 0 Å². The number of benzene rings is 1. The van der Waals surface area contributed by atoms with Crippen molar-refractivity contribution in [3.05, 3.63) is 29.8 Å². The average Bonchev–Trinajstić information content (AvgIpc) is 2.96. The lowest BCUT2D eigenvalue weighted by atomic mass is 9.99. The van der Waals surface area contributed by atoms with Crippen molar-refractivity contribution in [3.63, 3.8) is 0 Å². The second-order valence-corrected chi connectivity index (χ2v) is 5.00. The second kappa shape index (κ2) is 4.45. The highest BCUT2D eigenvalue weighted by atomic mass is 19.4. The maximum absolute atomic E-state index is 12.7. The lowest BCUT2D eigenvalue weighted by Crippen LogP contribution is -2.47. The number of hydrogen-bond donors (Lipinski definition) is 1. The Hall–Kier alpha value is -2.09. The normalized spacial score (nSPS) is 25.8. The minimum absolute atomic E-state index is 0.0348. The number of carbonyl (C=O) groups excluding carboxylic acids is 2. The highest BCUT2D eigenvalue weighted by molar-refractivity contribution is 6.23. The van der Waals surface area contributed by atoms with Crippen molar-refractivity contribution in [2.45, 2.75) is 18.1 Å². The number of urea groups is 1. The van der Waals surface area contributed by atoms with Gasteiger partial charge in [-0.1, -0.05) is 6.07 Å². The Labute approximate surface area is 117 Å². The van der Waals surface area contributed by atoms with E-state index in [-0.39, 0.29) is 12.3 Å². The Morgan fingerprint density at radius 2 is 2.05 bits per heavy atom. The number of alkyl halides is 3. The smallest absolute Gasteiger partial charge is 0.378 e. The van der Waals surface area contributed by atoms with Crippen molar-refractivity contribution in [1.82, 2.24) is 5.32 Å². The molecule has 1 spiro atoms. The van der Waals surface area contributed by atoms with Crippen LogP contribution in [-0.2, 0) is 15.7 Å². The summed E-state index contributed by atoms with van der Waals surface area (Å²) in [6.07, 6.45) is -4.23. The molecule has 8 heteroatoms. The van der Waals surface area contributed by atoms with Crippen LogP contribution in [-0.4, -0.2) is 30.7 Å². The van der Waals surface area contributed by atoms with E-state index < -0.39 is 29.2 Å². The van der Waals surface area contributed by atoms with Crippen LogP contribution in [0.4, 0.5) is 23.7 Å². The number of imide groups is 1. The summed E-state index contributed by atoms with van der Waals surface area (Å²) in [6.45, 7) is 0.357. The maximum Gasteiger partial charge on any atom is 0.416 e. The Morgan fingerprint density at radius 3 is 2.67 bits per heavy atom. The molecule has 2 saturated heterocycles. The molecule has 21 heavy (non-hydrogen) atoms. The number of nitrogens with one attached hydrogen (secondary N) is 1. The van der Waals surface area contributed by atoms with E-state index in [1.807, 2.05) is 0 Å². The summed E-state index contributed by atoms with van der Waals surface area (Å²) < 4.78 is 43.3. The maximum atomic E-state index is 12.7. The lowest BCUT2D eigenvalue weighted by molar-refractivity contribution is -0.137. The number of amides is 3. The molecular formula is C13H11F3N2O3. The van der Waals surface area contributed by atoms with Gasteiger partial charge in [-0.2, -0.15) is 13.2 Å². The number of rotatable bonds is 1. The van der Waals surface area contributed by atoms with Crippen LogP contribution < -0.4 is 10.2 Å². The highest BCUT2D eigenvalue weighted by Gasteiger charge is 2.54. The zero-order valence-corrected chi connectivity index (χ0v) is 10.7. The van der Waals surface area contributed by atoms with Gasteiger partial charge in [0, 0.05) is 13.0 Å². The van der Waals surface area contributed by atoms with E-state index in [4.69, 9.17) is 4.74 Å². The van der Waals surface area contributed by atoms with Gasteiger partial charge in [0.15, 0.2) is 0 Å². The molecule has 2 heterocycles. The fourth-order valence-corrected chi connectivity index (χ4v) is 2.51. The molecule has 0 radical (unpaired) electrons. The molecule has 5 nitrogen and oxygen atoms in total. The quantitative estimate of drug-likeness (QED) is 0.806. The van der Waals surface area contributed by atoms with E-state index in [1.54, 1.807) is 0 Å². The van der Waals surface area contributed by atoms with Gasteiger partial charge in [0.2, 0.25) is 0 Å². The molecule has 0 bridgehead atoms. The van der Waals surface area contributed by atoms with Crippen molar-refractivity contribution in [3.8, 4) is 0 Å². The molecule has 1 unspecified atom stereocenters. The zero-order valence-electron chi connectivity index (χ0n) is 10.7. The fourth-order valence-electron chi connectivity index (χ4n) is 2.51. The van der Waals surface area contributed by atoms with Crippen LogP contribution in [0.2, 0.25) is 0 Å². The van der Waals surface area contributed by atoms with Gasteiger partial charge in [-0.25, -0.2) is 9.69 Å². The molecule has 1 aromatic carbocycles. The molecule has 3 amide bonds. The van der Waals surface area contributed by atoms with E-state index >= 15 is 0 Å². The molecule has 2 aliphatic heterocycles. The Morgan fingerprint density at radius 1 is 1.29 bits per heavy atom. The van der Waals surface area contributed by atoms with Crippen molar-refractivity contribution in [2.24, 2.45) is 0 Å². The summed E-state index contributed by atoms with van der Waals surface area (Å²) in [7, 11) is 0. The van der Waals surface area contributed by atoms with Crippen molar-refractivity contribution < 1.29 is 27.5 Å². The minimum Gasteiger partial charge on any atom is -0.378 e. The van der Waals surface area contributed by atoms with Crippen molar-refractivity contribution in [1.29, 1.82) is 0 Å². The van der Waals surface area contributed by atoms with E-state index in [0.29, 0.717) is 13.0 Å². The summed E-state index contributed by atoms with van der Waals surface area (Å²) in [5.41, 5.74) is -2.16. The van der Waals surface area contributed by atoms with E-state index in [0.717, 1.165) is 23.1 Å². The first-order valence-electron chi connectivity index (χ1n) is 6.25. The van der Waals surface area contributed by atoms with Crippen LogP contribution >= 0.6 is 0 Å². The number of anilines is 1. The molecule has 1 aromatic rings. The summed E-state index contributed by atoms with van der Waals surface area (Å²) in [6, 6.07) is 3.39. The standard InChI is InChI=1S/C13H11F3N2O3/c14-13(15,16)8-2-1-3-9(6-8)18-10(19)12(17-11(18)20)4-5-21-7-12/h1-3,6H,4-5,7H2,(H,17,20). The third kappa shape index (κ3) is 2.15. The van der Waals surface area contributed by atoms with Crippen molar-refractivity contribution >= 4 is 17.6 Å². The van der Waals surface area contributed by atoms with Crippen molar-refractivity contribution in [2.75, 3.05) is 18.1 Å². The Bertz CT molecular complexity index is 609. The molecule has 0 aromatic heterocycles. The van der Waals surface area contributed by atoms with Gasteiger partial charge < -0.3 is 10.1 Å². The molecule has 2 aliphatic rings. The Balaban J connectivity index is 1.97. The van der Waals surface area contributed by atoms with E-state index in [9.17, 15) is 22.8 Å². The molecule has 2 fully saturated rings. The summed E-state index contributed by atoms with van der Waals surface area (Å²) in [4.78, 5) is 25.1. The molecule has 1 N–H and O–H groups in total. The topological polar surface area (TPSA) is 58.6 Å². The second-order valence-electron chi connectivity index (χ2n) is 5.00.